The predicted molar refractivity (Wildman–Crippen MR) is 50.6 cm³/mol. The Balaban J connectivity index is 2.63. The fourth-order valence-electron chi connectivity index (χ4n) is 2.07. The molecule has 0 spiro atoms. The first-order chi connectivity index (χ1) is 5.65. The maximum absolute atomic E-state index is 8.82. The van der Waals surface area contributed by atoms with Crippen LogP contribution in [0.3, 0.4) is 0 Å². The maximum atomic E-state index is 8.82. The average Bonchev–Trinajstić information content (AvgIpc) is 2.03. The molecular weight excluding hydrogens is 150 g/mol. The van der Waals surface area contributed by atoms with Crippen LogP contribution in [0.2, 0.25) is 0 Å². The van der Waals surface area contributed by atoms with Crippen molar-refractivity contribution in [3.63, 3.8) is 0 Å². The van der Waals surface area contributed by atoms with E-state index < -0.39 is 0 Å². The fourth-order valence-corrected chi connectivity index (χ4v) is 2.07. The highest BCUT2D eigenvalue weighted by Crippen LogP contribution is 2.30. The van der Waals surface area contributed by atoms with Crippen molar-refractivity contribution in [3.05, 3.63) is 0 Å². The minimum atomic E-state index is 0.520. The highest BCUT2D eigenvalue weighted by molar-refractivity contribution is 5.87. The third-order valence-corrected chi connectivity index (χ3v) is 2.89. The van der Waals surface area contributed by atoms with Crippen molar-refractivity contribution in [2.24, 2.45) is 22.9 Å². The zero-order valence-electron chi connectivity index (χ0n) is 8.25. The van der Waals surface area contributed by atoms with Gasteiger partial charge in [-0.15, -0.1) is 0 Å². The minimum Gasteiger partial charge on any atom is -0.411 e. The molecule has 1 fully saturated rings. The molecule has 0 unspecified atom stereocenters. The number of oxime groups is 1. The molecule has 0 aromatic carbocycles. The molecule has 0 aliphatic heterocycles. The zero-order chi connectivity index (χ0) is 9.14. The summed E-state index contributed by atoms with van der Waals surface area (Å²) >= 11 is 0. The second-order valence-electron chi connectivity index (χ2n) is 4.33. The summed E-state index contributed by atoms with van der Waals surface area (Å²) in [6.45, 7) is 6.62. The number of hydrogen-bond donors (Lipinski definition) is 1. The Morgan fingerprint density at radius 1 is 1.42 bits per heavy atom. The molecule has 12 heavy (non-hydrogen) atoms. The highest BCUT2D eigenvalue weighted by atomic mass is 16.4. The van der Waals surface area contributed by atoms with Crippen LogP contribution >= 0.6 is 0 Å². The van der Waals surface area contributed by atoms with Gasteiger partial charge in [0.05, 0.1) is 5.71 Å². The van der Waals surface area contributed by atoms with E-state index in [1.54, 1.807) is 0 Å². The summed E-state index contributed by atoms with van der Waals surface area (Å²) < 4.78 is 0. The summed E-state index contributed by atoms with van der Waals surface area (Å²) in [6, 6.07) is 0. The van der Waals surface area contributed by atoms with E-state index in [1.807, 2.05) is 0 Å². The largest absolute Gasteiger partial charge is 0.411 e. The van der Waals surface area contributed by atoms with Gasteiger partial charge in [-0.25, -0.2) is 0 Å². The molecule has 1 aliphatic carbocycles. The lowest BCUT2D eigenvalue weighted by molar-refractivity contribution is 0.291. The molecular formula is C10H19NO. The zero-order valence-corrected chi connectivity index (χ0v) is 8.25. The van der Waals surface area contributed by atoms with Crippen molar-refractivity contribution in [1.82, 2.24) is 0 Å². The molecule has 0 radical (unpaired) electrons. The third kappa shape index (κ3) is 1.99. The van der Waals surface area contributed by atoms with Crippen LogP contribution in [0.1, 0.15) is 40.0 Å². The summed E-state index contributed by atoms with van der Waals surface area (Å²) in [5.74, 6) is 1.83. The van der Waals surface area contributed by atoms with E-state index in [0.717, 1.165) is 12.1 Å². The Morgan fingerprint density at radius 3 is 2.58 bits per heavy atom. The molecule has 0 saturated heterocycles. The Hall–Kier alpha value is -0.530. The quantitative estimate of drug-likeness (QED) is 0.475. The average molecular weight is 169 g/mol. The summed E-state index contributed by atoms with van der Waals surface area (Å²) in [4.78, 5) is 0. The summed E-state index contributed by atoms with van der Waals surface area (Å²) in [6.07, 6.45) is 3.46. The van der Waals surface area contributed by atoms with Gasteiger partial charge in [0.25, 0.3) is 0 Å². The van der Waals surface area contributed by atoms with Crippen LogP contribution in [-0.4, -0.2) is 10.9 Å². The summed E-state index contributed by atoms with van der Waals surface area (Å²) in [7, 11) is 0. The topological polar surface area (TPSA) is 32.6 Å². The summed E-state index contributed by atoms with van der Waals surface area (Å²) in [5.41, 5.74) is 1.02. The van der Waals surface area contributed by atoms with Crippen LogP contribution in [0.25, 0.3) is 0 Å². The van der Waals surface area contributed by atoms with Gasteiger partial charge in [0.2, 0.25) is 0 Å². The summed E-state index contributed by atoms with van der Waals surface area (Å²) in [5, 5.41) is 12.2. The van der Waals surface area contributed by atoms with Crippen molar-refractivity contribution >= 4 is 5.71 Å². The van der Waals surface area contributed by atoms with Crippen LogP contribution < -0.4 is 0 Å². The Labute approximate surface area is 74.7 Å². The van der Waals surface area contributed by atoms with Crippen LogP contribution in [0.4, 0.5) is 0 Å². The van der Waals surface area contributed by atoms with E-state index in [9.17, 15) is 0 Å². The lowest BCUT2D eigenvalue weighted by Gasteiger charge is -2.29. The van der Waals surface area contributed by atoms with Crippen LogP contribution in [0.5, 0.6) is 0 Å². The molecule has 1 rings (SSSR count). The first-order valence-corrected chi connectivity index (χ1v) is 4.86. The van der Waals surface area contributed by atoms with Crippen LogP contribution in [0.15, 0.2) is 5.16 Å². The molecule has 1 N–H and O–H groups in total. The molecule has 0 aromatic rings. The van der Waals surface area contributed by atoms with Gasteiger partial charge in [-0.2, -0.15) is 0 Å². The normalized spacial score (nSPS) is 34.5. The molecule has 2 heteroatoms. The molecule has 1 saturated carbocycles. The van der Waals surface area contributed by atoms with E-state index in [4.69, 9.17) is 5.21 Å². The van der Waals surface area contributed by atoms with Crippen molar-refractivity contribution in [3.8, 4) is 0 Å². The van der Waals surface area contributed by atoms with Crippen molar-refractivity contribution in [2.75, 3.05) is 0 Å². The maximum Gasteiger partial charge on any atom is 0.0606 e. The highest BCUT2D eigenvalue weighted by Gasteiger charge is 2.27. The molecule has 1 aliphatic rings. The van der Waals surface area contributed by atoms with Crippen molar-refractivity contribution in [2.45, 2.75) is 40.0 Å². The van der Waals surface area contributed by atoms with Gasteiger partial charge < -0.3 is 5.21 Å². The standard InChI is InChI=1S/C10H19NO/c1-7(2)9-5-4-8(3)6-10(9)11-12/h7-9,12H,4-6H2,1-3H3/t8-,9-/m0/s1. The van der Waals surface area contributed by atoms with Crippen molar-refractivity contribution in [1.29, 1.82) is 0 Å². The lowest BCUT2D eigenvalue weighted by Crippen LogP contribution is -2.27. The predicted octanol–water partition coefficient (Wildman–Crippen LogP) is 2.91. The third-order valence-electron chi connectivity index (χ3n) is 2.89. The monoisotopic (exact) mass is 169 g/mol. The van der Waals surface area contributed by atoms with E-state index in [1.165, 1.54) is 12.8 Å². The molecule has 2 atom stereocenters. The number of rotatable bonds is 1. The van der Waals surface area contributed by atoms with Gasteiger partial charge >= 0.3 is 0 Å². The molecule has 0 bridgehead atoms. The van der Waals surface area contributed by atoms with Gasteiger partial charge in [0, 0.05) is 5.92 Å². The van der Waals surface area contributed by atoms with Crippen LogP contribution in [0, 0.1) is 17.8 Å². The molecule has 2 nitrogen and oxygen atoms in total. The Bertz CT molecular complexity index is 175. The first-order valence-electron chi connectivity index (χ1n) is 4.86. The van der Waals surface area contributed by atoms with Gasteiger partial charge in [0.1, 0.15) is 0 Å². The van der Waals surface area contributed by atoms with Crippen LogP contribution in [-0.2, 0) is 0 Å². The Kier molecular flexibility index (Phi) is 3.12. The van der Waals surface area contributed by atoms with E-state index in [2.05, 4.69) is 25.9 Å². The SMILES string of the molecule is CC(C)[C@@H]1CC[C@H](C)CC1=NO. The van der Waals surface area contributed by atoms with Gasteiger partial charge in [-0.1, -0.05) is 25.9 Å². The fraction of sp³-hybridized carbons (Fsp3) is 0.900. The van der Waals surface area contributed by atoms with E-state index in [0.29, 0.717) is 17.8 Å². The van der Waals surface area contributed by atoms with E-state index in [-0.39, 0.29) is 0 Å². The number of nitrogens with zero attached hydrogens (tertiary/aromatic N) is 1. The second kappa shape index (κ2) is 3.92. The molecule has 0 amide bonds. The minimum absolute atomic E-state index is 0.520. The van der Waals surface area contributed by atoms with Gasteiger partial charge in [-0.05, 0) is 31.1 Å². The lowest BCUT2D eigenvalue weighted by atomic mass is 9.76. The molecule has 0 aromatic heterocycles. The Morgan fingerprint density at radius 2 is 2.08 bits per heavy atom. The second-order valence-corrected chi connectivity index (χ2v) is 4.33. The first kappa shape index (κ1) is 9.56. The smallest absolute Gasteiger partial charge is 0.0606 e. The van der Waals surface area contributed by atoms with Gasteiger partial charge in [0.15, 0.2) is 0 Å². The molecule has 0 heterocycles. The number of hydrogen-bond acceptors (Lipinski definition) is 2. The molecule has 70 valence electrons. The van der Waals surface area contributed by atoms with Crippen molar-refractivity contribution < 1.29 is 5.21 Å². The van der Waals surface area contributed by atoms with E-state index >= 15 is 0 Å². The van der Waals surface area contributed by atoms with Gasteiger partial charge in [-0.3, -0.25) is 0 Å².